The Morgan fingerprint density at radius 1 is 1.23 bits per heavy atom. The van der Waals surface area contributed by atoms with E-state index in [4.69, 9.17) is 5.73 Å². The van der Waals surface area contributed by atoms with Crippen LogP contribution in [0.1, 0.15) is 43.5 Å². The largest absolute Gasteiger partial charge is 0.398 e. The maximum Gasteiger partial charge on any atom is 0.253 e. The van der Waals surface area contributed by atoms with Crippen LogP contribution in [0.2, 0.25) is 0 Å². The lowest BCUT2D eigenvalue weighted by Crippen LogP contribution is -2.39. The number of unbranched alkanes of at least 4 members (excludes halogenated alkanes) is 1. The monoisotopic (exact) mass is 303 g/mol. The Labute approximate surface area is 134 Å². The molecule has 0 bridgehead atoms. The molecule has 1 heterocycles. The van der Waals surface area contributed by atoms with Gasteiger partial charge in [-0.1, -0.05) is 26.0 Å². The topological polar surface area (TPSA) is 58.4 Å². The van der Waals surface area contributed by atoms with Crippen LogP contribution in [0.5, 0.6) is 0 Å². The number of amides is 1. The average molecular weight is 303 g/mol. The lowest BCUT2D eigenvalue weighted by molar-refractivity contribution is 0.0952. The van der Waals surface area contributed by atoms with Crippen LogP contribution in [0.25, 0.3) is 0 Å². The Morgan fingerprint density at radius 2 is 1.91 bits per heavy atom. The van der Waals surface area contributed by atoms with E-state index in [1.54, 1.807) is 12.1 Å². The summed E-state index contributed by atoms with van der Waals surface area (Å²) in [4.78, 5) is 14.6. The summed E-state index contributed by atoms with van der Waals surface area (Å²) in [7, 11) is 0. The maximum atomic E-state index is 12.0. The van der Waals surface area contributed by atoms with Crippen molar-refractivity contribution in [2.75, 3.05) is 31.9 Å². The van der Waals surface area contributed by atoms with Gasteiger partial charge in [-0.2, -0.15) is 0 Å². The molecule has 1 aliphatic rings. The molecule has 22 heavy (non-hydrogen) atoms. The molecule has 0 saturated carbocycles. The van der Waals surface area contributed by atoms with E-state index < -0.39 is 0 Å². The third-order valence-electron chi connectivity index (χ3n) is 4.34. The first kappa shape index (κ1) is 16.8. The maximum absolute atomic E-state index is 12.0. The minimum Gasteiger partial charge on any atom is -0.398 e. The lowest BCUT2D eigenvalue weighted by atomic mass is 9.92. The highest BCUT2D eigenvalue weighted by molar-refractivity contribution is 5.98. The summed E-state index contributed by atoms with van der Waals surface area (Å²) in [6.07, 6.45) is 3.49. The van der Waals surface area contributed by atoms with Gasteiger partial charge >= 0.3 is 0 Å². The van der Waals surface area contributed by atoms with Gasteiger partial charge in [0.1, 0.15) is 0 Å². The molecule has 2 rings (SSSR count). The smallest absolute Gasteiger partial charge is 0.253 e. The van der Waals surface area contributed by atoms with Crippen LogP contribution < -0.4 is 11.1 Å². The highest BCUT2D eigenvalue weighted by Crippen LogP contribution is 2.20. The van der Waals surface area contributed by atoms with Crippen LogP contribution in [0.15, 0.2) is 24.3 Å². The van der Waals surface area contributed by atoms with Crippen LogP contribution in [-0.4, -0.2) is 37.0 Å². The van der Waals surface area contributed by atoms with Crippen LogP contribution >= 0.6 is 0 Å². The molecule has 0 spiro atoms. The molecule has 1 amide bonds. The van der Waals surface area contributed by atoms with Crippen molar-refractivity contribution in [3.05, 3.63) is 29.8 Å². The zero-order valence-electron chi connectivity index (χ0n) is 13.8. The molecular formula is C18H29N3O. The van der Waals surface area contributed by atoms with Crippen molar-refractivity contribution in [2.45, 2.75) is 33.1 Å². The Hall–Kier alpha value is -1.55. The van der Waals surface area contributed by atoms with Crippen molar-refractivity contribution in [2.24, 2.45) is 11.8 Å². The van der Waals surface area contributed by atoms with Gasteiger partial charge in [0.25, 0.3) is 5.91 Å². The van der Waals surface area contributed by atoms with Crippen LogP contribution in [-0.2, 0) is 0 Å². The number of hydrogen-bond donors (Lipinski definition) is 2. The number of rotatable bonds is 6. The number of carbonyl (C=O) groups is 1. The molecule has 3 N–H and O–H groups in total. The summed E-state index contributed by atoms with van der Waals surface area (Å²) in [6, 6.07) is 7.20. The van der Waals surface area contributed by atoms with E-state index in [1.165, 1.54) is 19.5 Å². The summed E-state index contributed by atoms with van der Waals surface area (Å²) < 4.78 is 0. The lowest BCUT2D eigenvalue weighted by Gasteiger charge is -2.34. The third-order valence-corrected chi connectivity index (χ3v) is 4.34. The Kier molecular flexibility index (Phi) is 6.25. The molecule has 2 atom stereocenters. The van der Waals surface area contributed by atoms with E-state index in [9.17, 15) is 4.79 Å². The second kappa shape index (κ2) is 8.18. The Bertz CT molecular complexity index is 479. The predicted octanol–water partition coefficient (Wildman–Crippen LogP) is 2.76. The number of likely N-dealkylation sites (tertiary alicyclic amines) is 1. The van der Waals surface area contributed by atoms with Gasteiger partial charge in [-0.05, 0) is 49.8 Å². The molecule has 0 radical (unpaired) electrons. The van der Waals surface area contributed by atoms with E-state index in [2.05, 4.69) is 24.1 Å². The van der Waals surface area contributed by atoms with Crippen LogP contribution in [0, 0.1) is 11.8 Å². The second-order valence-electron chi connectivity index (χ2n) is 6.76. The molecule has 4 heteroatoms. The molecule has 0 aliphatic carbocycles. The molecule has 1 aromatic carbocycles. The zero-order chi connectivity index (χ0) is 15.9. The molecular weight excluding hydrogens is 274 g/mol. The number of nitrogens with zero attached hydrogens (tertiary/aromatic N) is 1. The molecule has 0 aromatic heterocycles. The van der Waals surface area contributed by atoms with Crippen molar-refractivity contribution >= 4 is 11.6 Å². The van der Waals surface area contributed by atoms with Gasteiger partial charge in [0.2, 0.25) is 0 Å². The fraction of sp³-hybridized carbons (Fsp3) is 0.611. The quantitative estimate of drug-likeness (QED) is 0.627. The minimum absolute atomic E-state index is 0.0710. The molecule has 2 unspecified atom stereocenters. The summed E-state index contributed by atoms with van der Waals surface area (Å²) in [5.41, 5.74) is 6.92. The molecule has 122 valence electrons. The number of anilines is 1. The average Bonchev–Trinajstić information content (AvgIpc) is 2.46. The van der Waals surface area contributed by atoms with E-state index in [0.29, 0.717) is 17.8 Å². The van der Waals surface area contributed by atoms with Gasteiger partial charge in [0.15, 0.2) is 0 Å². The predicted molar refractivity (Wildman–Crippen MR) is 91.8 cm³/mol. The van der Waals surface area contributed by atoms with E-state index in [-0.39, 0.29) is 5.91 Å². The number of carbonyl (C=O) groups excluding carboxylic acids is 1. The number of nitrogens with two attached hydrogens (primary N) is 1. The summed E-state index contributed by atoms with van der Waals surface area (Å²) in [6.45, 7) is 8.97. The fourth-order valence-electron chi connectivity index (χ4n) is 3.44. The highest BCUT2D eigenvalue weighted by atomic mass is 16.1. The van der Waals surface area contributed by atoms with Crippen molar-refractivity contribution in [3.63, 3.8) is 0 Å². The molecule has 1 fully saturated rings. The SMILES string of the molecule is CC1CC(C)CN(CCCCNC(=O)c2ccccc2N)C1. The molecule has 4 nitrogen and oxygen atoms in total. The van der Waals surface area contributed by atoms with E-state index in [0.717, 1.165) is 31.2 Å². The zero-order valence-corrected chi connectivity index (χ0v) is 13.8. The van der Waals surface area contributed by atoms with Gasteiger partial charge in [0, 0.05) is 25.3 Å². The Balaban J connectivity index is 1.63. The standard InChI is InChI=1S/C18H29N3O/c1-14-11-15(2)13-21(12-14)10-6-5-9-20-18(22)16-7-3-4-8-17(16)19/h3-4,7-8,14-15H,5-6,9-13,19H2,1-2H3,(H,20,22). The second-order valence-corrected chi connectivity index (χ2v) is 6.76. The molecule has 1 aromatic rings. The summed E-state index contributed by atoms with van der Waals surface area (Å²) in [5, 5.41) is 2.96. The first-order valence-electron chi connectivity index (χ1n) is 8.41. The fourth-order valence-corrected chi connectivity index (χ4v) is 3.44. The first-order chi connectivity index (χ1) is 10.6. The summed E-state index contributed by atoms with van der Waals surface area (Å²) in [5.74, 6) is 1.55. The van der Waals surface area contributed by atoms with Crippen LogP contribution in [0.4, 0.5) is 5.69 Å². The van der Waals surface area contributed by atoms with Gasteiger partial charge in [0.05, 0.1) is 5.56 Å². The van der Waals surface area contributed by atoms with Gasteiger partial charge in [-0.15, -0.1) is 0 Å². The van der Waals surface area contributed by atoms with Crippen LogP contribution in [0.3, 0.4) is 0 Å². The van der Waals surface area contributed by atoms with Crippen molar-refractivity contribution in [3.8, 4) is 0 Å². The van der Waals surface area contributed by atoms with Gasteiger partial charge < -0.3 is 16.0 Å². The number of benzene rings is 1. The number of para-hydroxylation sites is 1. The minimum atomic E-state index is -0.0710. The van der Waals surface area contributed by atoms with Crippen molar-refractivity contribution in [1.82, 2.24) is 10.2 Å². The number of nitrogens with one attached hydrogen (secondary N) is 1. The Morgan fingerprint density at radius 3 is 2.59 bits per heavy atom. The highest BCUT2D eigenvalue weighted by Gasteiger charge is 2.20. The van der Waals surface area contributed by atoms with Gasteiger partial charge in [-0.3, -0.25) is 4.79 Å². The molecule has 1 saturated heterocycles. The third kappa shape index (κ3) is 5.02. The van der Waals surface area contributed by atoms with Crippen molar-refractivity contribution in [1.29, 1.82) is 0 Å². The summed E-state index contributed by atoms with van der Waals surface area (Å²) >= 11 is 0. The normalized spacial score (nSPS) is 22.5. The van der Waals surface area contributed by atoms with Gasteiger partial charge in [-0.25, -0.2) is 0 Å². The van der Waals surface area contributed by atoms with E-state index >= 15 is 0 Å². The number of piperidine rings is 1. The molecule has 1 aliphatic heterocycles. The number of hydrogen-bond acceptors (Lipinski definition) is 3. The first-order valence-corrected chi connectivity index (χ1v) is 8.41. The van der Waals surface area contributed by atoms with Crippen molar-refractivity contribution < 1.29 is 4.79 Å². The van der Waals surface area contributed by atoms with E-state index in [1.807, 2.05) is 12.1 Å². The number of nitrogen functional groups attached to an aromatic ring is 1.